The number of nitrogens with zero attached hydrogens (tertiary/aromatic N) is 3. The number of pyridine rings is 1. The second-order valence-corrected chi connectivity index (χ2v) is 3.49. The second kappa shape index (κ2) is 5.87. The Labute approximate surface area is 102 Å². The number of ether oxygens (including phenoxy) is 1. The van der Waals surface area contributed by atoms with Crippen LogP contribution >= 0.6 is 0 Å². The van der Waals surface area contributed by atoms with E-state index in [2.05, 4.69) is 15.1 Å². The average molecular weight is 249 g/mol. The van der Waals surface area contributed by atoms with E-state index in [0.29, 0.717) is 12.2 Å². The summed E-state index contributed by atoms with van der Waals surface area (Å²) >= 11 is 0. The van der Waals surface area contributed by atoms with Crippen molar-refractivity contribution in [3.05, 3.63) is 41.8 Å². The molecule has 2 heterocycles. The molecule has 2 aromatic heterocycles. The molecule has 2 rings (SSSR count). The summed E-state index contributed by atoms with van der Waals surface area (Å²) in [5.41, 5.74) is 0.830. The molecule has 7 heteroatoms. The summed E-state index contributed by atoms with van der Waals surface area (Å²) in [5, 5.41) is 12.1. The van der Waals surface area contributed by atoms with E-state index in [1.54, 1.807) is 6.20 Å². The topological polar surface area (TPSA) is 98.3 Å². The van der Waals surface area contributed by atoms with Crippen LogP contribution in [0.4, 0.5) is 0 Å². The van der Waals surface area contributed by atoms with Crippen molar-refractivity contribution in [1.29, 1.82) is 0 Å². The summed E-state index contributed by atoms with van der Waals surface area (Å²) in [7, 11) is 0. The van der Waals surface area contributed by atoms with Gasteiger partial charge in [-0.15, -0.1) is 0 Å². The minimum atomic E-state index is -1.04. The van der Waals surface area contributed by atoms with Gasteiger partial charge in [-0.05, 0) is 12.1 Å². The Balaban J connectivity index is 1.88. The molecular formula is C11H11N3O4. The number of hydrogen-bond donors (Lipinski definition) is 1. The highest BCUT2D eigenvalue weighted by Crippen LogP contribution is 2.04. The van der Waals surface area contributed by atoms with Crippen LogP contribution in [0, 0.1) is 0 Å². The van der Waals surface area contributed by atoms with Crippen LogP contribution in [0.1, 0.15) is 17.4 Å². The summed E-state index contributed by atoms with van der Waals surface area (Å²) in [5.74, 6) is -0.298. The highest BCUT2D eigenvalue weighted by Gasteiger charge is 2.08. The predicted octanol–water partition coefficient (Wildman–Crippen LogP) is 0.657. The Bertz CT molecular complexity index is 512. The number of carbonyl (C=O) groups is 1. The fourth-order valence-electron chi connectivity index (χ4n) is 1.31. The van der Waals surface area contributed by atoms with Crippen LogP contribution in [0.5, 0.6) is 0 Å². The Morgan fingerprint density at radius 1 is 1.44 bits per heavy atom. The lowest BCUT2D eigenvalue weighted by atomic mass is 10.3. The van der Waals surface area contributed by atoms with Gasteiger partial charge < -0.3 is 14.4 Å². The van der Waals surface area contributed by atoms with Gasteiger partial charge in [0.15, 0.2) is 5.82 Å². The molecule has 7 nitrogen and oxygen atoms in total. The third kappa shape index (κ3) is 3.63. The molecule has 18 heavy (non-hydrogen) atoms. The Kier molecular flexibility index (Phi) is 3.98. The largest absolute Gasteiger partial charge is 0.480 e. The minimum absolute atomic E-state index is 0.0124. The van der Waals surface area contributed by atoms with E-state index in [0.717, 1.165) is 5.69 Å². The van der Waals surface area contributed by atoms with E-state index in [-0.39, 0.29) is 12.5 Å². The van der Waals surface area contributed by atoms with Gasteiger partial charge in [-0.2, -0.15) is 4.98 Å². The summed E-state index contributed by atoms with van der Waals surface area (Å²) in [6, 6.07) is 5.56. The number of aromatic nitrogens is 3. The fraction of sp³-hybridized carbons (Fsp3) is 0.273. The monoisotopic (exact) mass is 249 g/mol. The predicted molar refractivity (Wildman–Crippen MR) is 58.6 cm³/mol. The van der Waals surface area contributed by atoms with Gasteiger partial charge in [0.2, 0.25) is 0 Å². The molecule has 0 atom stereocenters. The molecule has 0 aliphatic heterocycles. The highest BCUT2D eigenvalue weighted by molar-refractivity contribution is 5.67. The smallest absolute Gasteiger partial charge is 0.329 e. The highest BCUT2D eigenvalue weighted by atomic mass is 16.5. The van der Waals surface area contributed by atoms with E-state index < -0.39 is 12.6 Å². The van der Waals surface area contributed by atoms with Crippen LogP contribution in [-0.2, 0) is 22.6 Å². The first-order valence-corrected chi connectivity index (χ1v) is 5.25. The lowest BCUT2D eigenvalue weighted by molar-refractivity contribution is -0.142. The average Bonchev–Trinajstić information content (AvgIpc) is 2.78. The van der Waals surface area contributed by atoms with Crippen LogP contribution in [0.2, 0.25) is 0 Å². The molecule has 0 amide bonds. The third-order valence-electron chi connectivity index (χ3n) is 2.03. The second-order valence-electron chi connectivity index (χ2n) is 3.49. The quantitative estimate of drug-likeness (QED) is 0.802. The Hall–Kier alpha value is -2.28. The molecule has 0 spiro atoms. The number of rotatable bonds is 6. The first kappa shape index (κ1) is 12.2. The molecule has 0 unspecified atom stereocenters. The molecule has 0 radical (unpaired) electrons. The number of hydrogen-bond acceptors (Lipinski definition) is 6. The van der Waals surface area contributed by atoms with Crippen LogP contribution in [-0.4, -0.2) is 32.8 Å². The lowest BCUT2D eigenvalue weighted by Gasteiger charge is -1.94. The summed E-state index contributed by atoms with van der Waals surface area (Å²) in [6.45, 7) is -0.403. The van der Waals surface area contributed by atoms with Gasteiger partial charge in [-0.3, -0.25) is 4.98 Å². The van der Waals surface area contributed by atoms with Crippen molar-refractivity contribution in [2.45, 2.75) is 13.0 Å². The van der Waals surface area contributed by atoms with E-state index >= 15 is 0 Å². The SMILES string of the molecule is O=C(O)COCc1nc(Cc2ccccn2)no1. The normalized spacial score (nSPS) is 10.4. The Morgan fingerprint density at radius 2 is 2.33 bits per heavy atom. The van der Waals surface area contributed by atoms with Crippen molar-refractivity contribution >= 4 is 5.97 Å². The van der Waals surface area contributed by atoms with Gasteiger partial charge in [0, 0.05) is 11.9 Å². The molecule has 0 saturated carbocycles. The summed E-state index contributed by atoms with van der Waals surface area (Å²) in [4.78, 5) is 18.4. The Morgan fingerprint density at radius 3 is 3.06 bits per heavy atom. The van der Waals surface area contributed by atoms with Crippen molar-refractivity contribution in [3.8, 4) is 0 Å². The maximum Gasteiger partial charge on any atom is 0.329 e. The molecule has 0 saturated heterocycles. The molecule has 0 aliphatic carbocycles. The van der Waals surface area contributed by atoms with Crippen molar-refractivity contribution in [1.82, 2.24) is 15.1 Å². The van der Waals surface area contributed by atoms with Crippen molar-refractivity contribution < 1.29 is 19.2 Å². The van der Waals surface area contributed by atoms with Gasteiger partial charge in [0.1, 0.15) is 13.2 Å². The molecule has 0 aromatic carbocycles. The van der Waals surface area contributed by atoms with Crippen LogP contribution in [0.25, 0.3) is 0 Å². The van der Waals surface area contributed by atoms with E-state index in [4.69, 9.17) is 14.4 Å². The molecule has 0 bridgehead atoms. The van der Waals surface area contributed by atoms with E-state index in [1.807, 2.05) is 18.2 Å². The zero-order valence-corrected chi connectivity index (χ0v) is 9.44. The zero-order chi connectivity index (χ0) is 12.8. The van der Waals surface area contributed by atoms with Crippen LogP contribution in [0.3, 0.4) is 0 Å². The van der Waals surface area contributed by atoms with Gasteiger partial charge >= 0.3 is 5.97 Å². The van der Waals surface area contributed by atoms with Gasteiger partial charge in [-0.25, -0.2) is 4.79 Å². The fourth-order valence-corrected chi connectivity index (χ4v) is 1.31. The maximum absolute atomic E-state index is 10.2. The third-order valence-corrected chi connectivity index (χ3v) is 2.03. The van der Waals surface area contributed by atoms with Gasteiger partial charge in [0.05, 0.1) is 6.42 Å². The molecule has 2 aromatic rings. The maximum atomic E-state index is 10.2. The van der Waals surface area contributed by atoms with Crippen LogP contribution < -0.4 is 0 Å². The number of carboxylic acid groups (broad SMARTS) is 1. The van der Waals surface area contributed by atoms with Crippen molar-refractivity contribution in [2.24, 2.45) is 0 Å². The number of aliphatic carboxylic acids is 1. The molecule has 1 N–H and O–H groups in total. The zero-order valence-electron chi connectivity index (χ0n) is 9.44. The van der Waals surface area contributed by atoms with Crippen molar-refractivity contribution in [3.63, 3.8) is 0 Å². The molecule has 0 fully saturated rings. The van der Waals surface area contributed by atoms with Crippen molar-refractivity contribution in [2.75, 3.05) is 6.61 Å². The van der Waals surface area contributed by atoms with Crippen LogP contribution in [0.15, 0.2) is 28.9 Å². The number of carboxylic acids is 1. The lowest BCUT2D eigenvalue weighted by Crippen LogP contribution is -2.06. The molecule has 94 valence electrons. The molecule has 0 aliphatic rings. The first-order valence-electron chi connectivity index (χ1n) is 5.25. The minimum Gasteiger partial charge on any atom is -0.480 e. The molecular weight excluding hydrogens is 238 g/mol. The van der Waals surface area contributed by atoms with E-state index in [9.17, 15) is 4.79 Å². The van der Waals surface area contributed by atoms with Gasteiger partial charge in [0.25, 0.3) is 5.89 Å². The summed E-state index contributed by atoms with van der Waals surface area (Å²) < 4.78 is 9.75. The van der Waals surface area contributed by atoms with E-state index in [1.165, 1.54) is 0 Å². The standard InChI is InChI=1S/C11H11N3O4/c15-11(16)7-17-6-10-13-9(14-18-10)5-8-3-1-2-4-12-8/h1-4H,5-7H2,(H,15,16). The first-order chi connectivity index (χ1) is 8.74. The summed E-state index contributed by atoms with van der Waals surface area (Å²) in [6.07, 6.45) is 2.15. The van der Waals surface area contributed by atoms with Gasteiger partial charge in [-0.1, -0.05) is 11.2 Å².